The van der Waals surface area contributed by atoms with E-state index in [0.29, 0.717) is 17.9 Å². The van der Waals surface area contributed by atoms with Crippen molar-refractivity contribution in [3.63, 3.8) is 0 Å². The van der Waals surface area contributed by atoms with Gasteiger partial charge in [0.1, 0.15) is 5.56 Å². The molecule has 5 nitrogen and oxygen atoms in total. The first kappa shape index (κ1) is 16.8. The highest BCUT2D eigenvalue weighted by atomic mass is 16.1. The van der Waals surface area contributed by atoms with Crippen LogP contribution in [0.3, 0.4) is 0 Å². The van der Waals surface area contributed by atoms with Gasteiger partial charge in [-0.15, -0.1) is 0 Å². The fraction of sp³-hybridized carbons (Fsp3) is 0.0909. The Kier molecular flexibility index (Phi) is 4.58. The van der Waals surface area contributed by atoms with E-state index >= 15 is 0 Å². The van der Waals surface area contributed by atoms with Gasteiger partial charge in [0, 0.05) is 18.9 Å². The van der Waals surface area contributed by atoms with E-state index in [2.05, 4.69) is 10.4 Å². The average Bonchev–Trinajstić information content (AvgIpc) is 3.37. The van der Waals surface area contributed by atoms with Gasteiger partial charge in [0.15, 0.2) is 5.82 Å². The molecule has 0 saturated heterocycles. The van der Waals surface area contributed by atoms with Crippen LogP contribution in [0.25, 0.3) is 11.5 Å². The molecule has 0 bridgehead atoms. The zero-order valence-electron chi connectivity index (χ0n) is 15.0. The third kappa shape index (κ3) is 3.40. The van der Waals surface area contributed by atoms with Crippen molar-refractivity contribution >= 4 is 5.91 Å². The summed E-state index contributed by atoms with van der Waals surface area (Å²) < 4.78 is 3.69. The molecular formula is C22H20N4O. The van der Waals surface area contributed by atoms with Crippen LogP contribution in [0.2, 0.25) is 0 Å². The molecule has 0 fully saturated rings. The first-order valence-electron chi connectivity index (χ1n) is 8.83. The third-order valence-corrected chi connectivity index (χ3v) is 4.54. The molecule has 1 N–H and O–H groups in total. The molecule has 5 heteroatoms. The summed E-state index contributed by atoms with van der Waals surface area (Å²) in [7, 11) is 0. The monoisotopic (exact) mass is 356 g/mol. The average molecular weight is 356 g/mol. The number of nitrogens with zero attached hydrogens (tertiary/aromatic N) is 3. The highest BCUT2D eigenvalue weighted by molar-refractivity contribution is 5.97. The normalized spacial score (nSPS) is 10.7. The Balaban J connectivity index is 1.67. The number of aromatic nitrogens is 3. The molecule has 2 aromatic carbocycles. The van der Waals surface area contributed by atoms with E-state index in [9.17, 15) is 4.79 Å². The second-order valence-corrected chi connectivity index (χ2v) is 6.33. The quantitative estimate of drug-likeness (QED) is 0.590. The summed E-state index contributed by atoms with van der Waals surface area (Å²) in [5.41, 5.74) is 3.69. The maximum absolute atomic E-state index is 12.9. The highest BCUT2D eigenvalue weighted by Gasteiger charge is 2.19. The van der Waals surface area contributed by atoms with Crippen molar-refractivity contribution in [1.29, 1.82) is 0 Å². The summed E-state index contributed by atoms with van der Waals surface area (Å²) in [5.74, 6) is 0.567. The Morgan fingerprint density at radius 2 is 1.67 bits per heavy atom. The lowest BCUT2D eigenvalue weighted by molar-refractivity contribution is 0.0951. The van der Waals surface area contributed by atoms with Gasteiger partial charge in [-0.3, -0.25) is 4.79 Å². The topological polar surface area (TPSA) is 51.9 Å². The molecule has 2 aromatic heterocycles. The molecule has 0 unspecified atom stereocenters. The zero-order chi connectivity index (χ0) is 18.6. The van der Waals surface area contributed by atoms with Crippen molar-refractivity contribution in [2.24, 2.45) is 0 Å². The molecule has 0 aliphatic heterocycles. The highest BCUT2D eigenvalue weighted by Crippen LogP contribution is 2.20. The zero-order valence-corrected chi connectivity index (χ0v) is 15.0. The van der Waals surface area contributed by atoms with E-state index in [1.807, 2.05) is 90.6 Å². The Morgan fingerprint density at radius 1 is 0.963 bits per heavy atom. The van der Waals surface area contributed by atoms with E-state index in [-0.39, 0.29) is 5.91 Å². The standard InChI is InChI=1S/C22H20N4O/c1-17-9-5-6-10-18(17)15-23-21(27)20-16-24-26(19-11-3-2-4-12-19)22(20)25-13-7-8-14-25/h2-14,16H,15H2,1H3,(H,23,27). The Labute approximate surface area is 157 Å². The lowest BCUT2D eigenvalue weighted by Crippen LogP contribution is -2.24. The molecule has 134 valence electrons. The summed E-state index contributed by atoms with van der Waals surface area (Å²) >= 11 is 0. The van der Waals surface area contributed by atoms with Gasteiger partial charge in [-0.05, 0) is 42.3 Å². The molecule has 0 aliphatic rings. The fourth-order valence-electron chi connectivity index (χ4n) is 3.06. The van der Waals surface area contributed by atoms with E-state index in [4.69, 9.17) is 0 Å². The van der Waals surface area contributed by atoms with Crippen molar-refractivity contribution in [3.05, 3.63) is 102 Å². The van der Waals surface area contributed by atoms with Gasteiger partial charge < -0.3 is 9.88 Å². The molecule has 0 spiro atoms. The first-order chi connectivity index (χ1) is 13.2. The maximum Gasteiger partial charge on any atom is 0.256 e. The smallest absolute Gasteiger partial charge is 0.256 e. The number of nitrogens with one attached hydrogen (secondary N) is 1. The summed E-state index contributed by atoms with van der Waals surface area (Å²) in [4.78, 5) is 12.9. The maximum atomic E-state index is 12.9. The molecule has 0 aliphatic carbocycles. The largest absolute Gasteiger partial charge is 0.348 e. The van der Waals surface area contributed by atoms with Crippen molar-refractivity contribution < 1.29 is 4.79 Å². The molecule has 0 radical (unpaired) electrons. The van der Waals surface area contributed by atoms with Crippen LogP contribution in [0.4, 0.5) is 0 Å². The molecule has 27 heavy (non-hydrogen) atoms. The number of carbonyl (C=O) groups is 1. The van der Waals surface area contributed by atoms with Crippen LogP contribution < -0.4 is 5.32 Å². The number of hydrogen-bond donors (Lipinski definition) is 1. The predicted molar refractivity (Wildman–Crippen MR) is 105 cm³/mol. The molecule has 1 amide bonds. The number of hydrogen-bond acceptors (Lipinski definition) is 2. The molecule has 4 aromatic rings. The second-order valence-electron chi connectivity index (χ2n) is 6.33. The van der Waals surface area contributed by atoms with Crippen LogP contribution in [0.5, 0.6) is 0 Å². The van der Waals surface area contributed by atoms with E-state index in [1.165, 1.54) is 0 Å². The van der Waals surface area contributed by atoms with Crippen molar-refractivity contribution in [2.75, 3.05) is 0 Å². The number of aryl methyl sites for hydroxylation is 1. The van der Waals surface area contributed by atoms with Gasteiger partial charge in [0.05, 0.1) is 11.9 Å². The predicted octanol–water partition coefficient (Wildman–Crippen LogP) is 3.90. The molecular weight excluding hydrogens is 336 g/mol. The van der Waals surface area contributed by atoms with Gasteiger partial charge in [-0.1, -0.05) is 42.5 Å². The van der Waals surface area contributed by atoms with Gasteiger partial charge >= 0.3 is 0 Å². The van der Waals surface area contributed by atoms with Gasteiger partial charge in [0.25, 0.3) is 5.91 Å². The summed E-state index contributed by atoms with van der Waals surface area (Å²) in [6, 6.07) is 21.7. The number of benzene rings is 2. The van der Waals surface area contributed by atoms with E-state index < -0.39 is 0 Å². The van der Waals surface area contributed by atoms with Crippen LogP contribution in [0, 0.1) is 6.92 Å². The minimum Gasteiger partial charge on any atom is -0.348 e. The van der Waals surface area contributed by atoms with Gasteiger partial charge in [-0.2, -0.15) is 5.10 Å². The Bertz CT molecular complexity index is 1050. The number of para-hydroxylation sites is 1. The van der Waals surface area contributed by atoms with Crippen LogP contribution in [-0.4, -0.2) is 20.3 Å². The number of carbonyl (C=O) groups excluding carboxylic acids is 1. The summed E-state index contributed by atoms with van der Waals surface area (Å²) in [6.45, 7) is 2.52. The van der Waals surface area contributed by atoms with Crippen LogP contribution >= 0.6 is 0 Å². The number of rotatable bonds is 5. The molecule has 2 heterocycles. The summed E-state index contributed by atoms with van der Waals surface area (Å²) in [6.07, 6.45) is 5.44. The van der Waals surface area contributed by atoms with E-state index in [1.54, 1.807) is 10.9 Å². The van der Waals surface area contributed by atoms with Crippen molar-refractivity contribution in [2.45, 2.75) is 13.5 Å². The van der Waals surface area contributed by atoms with Crippen LogP contribution in [0.15, 0.2) is 85.3 Å². The van der Waals surface area contributed by atoms with Crippen LogP contribution in [0.1, 0.15) is 21.5 Å². The summed E-state index contributed by atoms with van der Waals surface area (Å²) in [5, 5.41) is 7.49. The van der Waals surface area contributed by atoms with Crippen LogP contribution in [-0.2, 0) is 6.54 Å². The fourth-order valence-corrected chi connectivity index (χ4v) is 3.06. The molecule has 0 saturated carbocycles. The third-order valence-electron chi connectivity index (χ3n) is 4.54. The lowest BCUT2D eigenvalue weighted by atomic mass is 10.1. The lowest BCUT2D eigenvalue weighted by Gasteiger charge is -2.12. The van der Waals surface area contributed by atoms with E-state index in [0.717, 1.165) is 16.8 Å². The Morgan fingerprint density at radius 3 is 2.41 bits per heavy atom. The molecule has 4 rings (SSSR count). The SMILES string of the molecule is Cc1ccccc1CNC(=O)c1cnn(-c2ccccc2)c1-n1cccc1. The first-order valence-corrected chi connectivity index (χ1v) is 8.83. The van der Waals surface area contributed by atoms with Crippen molar-refractivity contribution in [1.82, 2.24) is 19.7 Å². The van der Waals surface area contributed by atoms with Gasteiger partial charge in [-0.25, -0.2) is 4.68 Å². The minimum atomic E-state index is -0.149. The van der Waals surface area contributed by atoms with Crippen molar-refractivity contribution in [3.8, 4) is 11.5 Å². The minimum absolute atomic E-state index is 0.149. The second kappa shape index (κ2) is 7.33. The molecule has 0 atom stereocenters. The van der Waals surface area contributed by atoms with Gasteiger partial charge in [0.2, 0.25) is 0 Å². The Hall–Kier alpha value is -3.60. The number of amides is 1.